The number of anilines is 1. The van der Waals surface area contributed by atoms with E-state index in [2.05, 4.69) is 43.5 Å². The summed E-state index contributed by atoms with van der Waals surface area (Å²) >= 11 is 0. The van der Waals surface area contributed by atoms with Gasteiger partial charge in [0.15, 0.2) is 0 Å². The van der Waals surface area contributed by atoms with Crippen LogP contribution in [0, 0.1) is 0 Å². The van der Waals surface area contributed by atoms with E-state index in [0.717, 1.165) is 38.9 Å². The zero-order chi connectivity index (χ0) is 20.6. The Balaban J connectivity index is 1.43. The van der Waals surface area contributed by atoms with Gasteiger partial charge in [0.2, 0.25) is 5.95 Å². The highest BCUT2D eigenvalue weighted by molar-refractivity contribution is 5.99. The van der Waals surface area contributed by atoms with Gasteiger partial charge in [0.05, 0.1) is 11.4 Å². The standard InChI is InChI=1S/C25H22N6/c1-4-8-19-16(5-1)9-11-26-23(19)17-13-20-21(15-29-24(20)28-14-17)22-10-12-27-25(31-22)30-18-6-2-3-7-18/h1,4-5,8-15,18H,2-3,6-7H2,(H,28,29)(H,27,30,31). The molecule has 6 rings (SSSR count). The van der Waals surface area contributed by atoms with Crippen molar-refractivity contribution in [2.45, 2.75) is 31.7 Å². The molecule has 0 radical (unpaired) electrons. The van der Waals surface area contributed by atoms with Crippen LogP contribution in [0.3, 0.4) is 0 Å². The molecular formula is C25H22N6. The van der Waals surface area contributed by atoms with Gasteiger partial charge in [-0.15, -0.1) is 0 Å². The molecule has 1 fully saturated rings. The molecule has 2 N–H and O–H groups in total. The molecule has 0 spiro atoms. The lowest BCUT2D eigenvalue weighted by molar-refractivity contribution is 0.744. The summed E-state index contributed by atoms with van der Waals surface area (Å²) in [6.45, 7) is 0. The summed E-state index contributed by atoms with van der Waals surface area (Å²) in [4.78, 5) is 21.8. The molecule has 1 aliphatic carbocycles. The zero-order valence-corrected chi connectivity index (χ0v) is 17.0. The first-order valence-corrected chi connectivity index (χ1v) is 10.8. The van der Waals surface area contributed by atoms with E-state index >= 15 is 0 Å². The molecule has 4 heterocycles. The van der Waals surface area contributed by atoms with Gasteiger partial charge in [-0.1, -0.05) is 37.1 Å². The molecule has 0 amide bonds. The Morgan fingerprint density at radius 3 is 2.71 bits per heavy atom. The smallest absolute Gasteiger partial charge is 0.223 e. The summed E-state index contributed by atoms with van der Waals surface area (Å²) in [6.07, 6.45) is 12.4. The quantitative estimate of drug-likeness (QED) is 0.407. The number of H-pyrrole nitrogens is 1. The molecule has 6 heteroatoms. The Morgan fingerprint density at radius 2 is 1.77 bits per heavy atom. The first-order chi connectivity index (χ1) is 15.3. The van der Waals surface area contributed by atoms with Crippen LogP contribution in [0.5, 0.6) is 0 Å². The summed E-state index contributed by atoms with van der Waals surface area (Å²) in [5.74, 6) is 0.693. The van der Waals surface area contributed by atoms with Crippen molar-refractivity contribution < 1.29 is 0 Å². The molecular weight excluding hydrogens is 384 g/mol. The third-order valence-electron chi connectivity index (χ3n) is 6.10. The van der Waals surface area contributed by atoms with Crippen LogP contribution in [0.15, 0.2) is 67.3 Å². The molecule has 0 aliphatic heterocycles. The Kier molecular flexibility index (Phi) is 4.34. The van der Waals surface area contributed by atoms with Crippen LogP contribution >= 0.6 is 0 Å². The van der Waals surface area contributed by atoms with E-state index in [4.69, 9.17) is 4.98 Å². The van der Waals surface area contributed by atoms with Crippen LogP contribution < -0.4 is 5.32 Å². The van der Waals surface area contributed by atoms with Gasteiger partial charge in [0.25, 0.3) is 0 Å². The van der Waals surface area contributed by atoms with Crippen molar-refractivity contribution in [3.05, 3.63) is 67.3 Å². The fourth-order valence-electron chi connectivity index (χ4n) is 4.53. The van der Waals surface area contributed by atoms with Gasteiger partial charge >= 0.3 is 0 Å². The fraction of sp³-hybridized carbons (Fsp3) is 0.200. The van der Waals surface area contributed by atoms with E-state index in [0.29, 0.717) is 12.0 Å². The number of hydrogen-bond acceptors (Lipinski definition) is 5. The van der Waals surface area contributed by atoms with Crippen molar-refractivity contribution in [2.75, 3.05) is 5.32 Å². The minimum absolute atomic E-state index is 0.476. The third-order valence-corrected chi connectivity index (χ3v) is 6.10. The maximum absolute atomic E-state index is 4.80. The molecule has 5 aromatic rings. The van der Waals surface area contributed by atoms with E-state index in [-0.39, 0.29) is 0 Å². The lowest BCUT2D eigenvalue weighted by Gasteiger charge is -2.12. The van der Waals surface area contributed by atoms with Crippen molar-refractivity contribution in [1.82, 2.24) is 24.9 Å². The average molecular weight is 406 g/mol. The van der Waals surface area contributed by atoms with Crippen LogP contribution in [0.1, 0.15) is 25.7 Å². The Labute approximate surface area is 179 Å². The summed E-state index contributed by atoms with van der Waals surface area (Å²) < 4.78 is 0. The van der Waals surface area contributed by atoms with Gasteiger partial charge in [-0.3, -0.25) is 4.98 Å². The number of rotatable bonds is 4. The highest BCUT2D eigenvalue weighted by Gasteiger charge is 2.17. The molecule has 6 nitrogen and oxygen atoms in total. The van der Waals surface area contributed by atoms with Crippen LogP contribution in [0.2, 0.25) is 0 Å². The first-order valence-electron chi connectivity index (χ1n) is 10.8. The molecule has 31 heavy (non-hydrogen) atoms. The Hall–Kier alpha value is -3.80. The highest BCUT2D eigenvalue weighted by Crippen LogP contribution is 2.32. The van der Waals surface area contributed by atoms with E-state index in [9.17, 15) is 0 Å². The van der Waals surface area contributed by atoms with E-state index < -0.39 is 0 Å². The molecule has 0 saturated heterocycles. The number of benzene rings is 1. The molecule has 4 aromatic heterocycles. The summed E-state index contributed by atoms with van der Waals surface area (Å²) in [6, 6.07) is 14.9. The predicted molar refractivity (Wildman–Crippen MR) is 124 cm³/mol. The normalized spacial score (nSPS) is 14.5. The van der Waals surface area contributed by atoms with Gasteiger partial charge in [0, 0.05) is 52.7 Å². The second-order valence-electron chi connectivity index (χ2n) is 8.09. The number of hydrogen-bond donors (Lipinski definition) is 2. The molecule has 0 unspecified atom stereocenters. The number of aromatic amines is 1. The lowest BCUT2D eigenvalue weighted by atomic mass is 10.0. The van der Waals surface area contributed by atoms with Gasteiger partial charge in [-0.2, -0.15) is 0 Å². The summed E-state index contributed by atoms with van der Waals surface area (Å²) in [5.41, 5.74) is 4.66. The molecule has 1 saturated carbocycles. The second-order valence-corrected chi connectivity index (χ2v) is 8.09. The van der Waals surface area contributed by atoms with Crippen LogP contribution in [0.4, 0.5) is 5.95 Å². The van der Waals surface area contributed by atoms with Gasteiger partial charge in [-0.25, -0.2) is 15.0 Å². The van der Waals surface area contributed by atoms with Gasteiger partial charge in [-0.05, 0) is 36.4 Å². The summed E-state index contributed by atoms with van der Waals surface area (Å²) in [7, 11) is 0. The number of pyridine rings is 2. The highest BCUT2D eigenvalue weighted by atomic mass is 15.1. The van der Waals surface area contributed by atoms with E-state index in [1.165, 1.54) is 31.1 Å². The molecule has 152 valence electrons. The van der Waals surface area contributed by atoms with Crippen LogP contribution in [-0.4, -0.2) is 31.0 Å². The topological polar surface area (TPSA) is 79.4 Å². The minimum atomic E-state index is 0.476. The van der Waals surface area contributed by atoms with Crippen LogP contribution in [-0.2, 0) is 0 Å². The number of nitrogens with zero attached hydrogens (tertiary/aromatic N) is 4. The number of fused-ring (bicyclic) bond motifs is 2. The maximum Gasteiger partial charge on any atom is 0.223 e. The monoisotopic (exact) mass is 406 g/mol. The first kappa shape index (κ1) is 18.0. The lowest BCUT2D eigenvalue weighted by Crippen LogP contribution is -2.16. The molecule has 1 aromatic carbocycles. The SMILES string of the molecule is c1ccc2c(-c3cnc4[nH]cc(-c5ccnc(NC6CCCC6)n5)c4c3)nccc2c1. The minimum Gasteiger partial charge on any atom is -0.351 e. The average Bonchev–Trinajstić information content (AvgIpc) is 3.48. The number of aromatic nitrogens is 5. The van der Waals surface area contributed by atoms with E-state index in [1.54, 1.807) is 0 Å². The fourth-order valence-corrected chi connectivity index (χ4v) is 4.53. The van der Waals surface area contributed by atoms with Crippen molar-refractivity contribution in [3.8, 4) is 22.5 Å². The van der Waals surface area contributed by atoms with Gasteiger partial charge in [0.1, 0.15) is 5.65 Å². The van der Waals surface area contributed by atoms with Crippen molar-refractivity contribution in [1.29, 1.82) is 0 Å². The second kappa shape index (κ2) is 7.47. The molecule has 0 atom stereocenters. The van der Waals surface area contributed by atoms with E-state index in [1.807, 2.05) is 49.1 Å². The Morgan fingerprint density at radius 1 is 0.903 bits per heavy atom. The third kappa shape index (κ3) is 3.30. The zero-order valence-electron chi connectivity index (χ0n) is 17.0. The largest absolute Gasteiger partial charge is 0.351 e. The van der Waals surface area contributed by atoms with Crippen molar-refractivity contribution in [3.63, 3.8) is 0 Å². The molecule has 0 bridgehead atoms. The van der Waals surface area contributed by atoms with Crippen molar-refractivity contribution >= 4 is 27.8 Å². The number of nitrogens with one attached hydrogen (secondary N) is 2. The van der Waals surface area contributed by atoms with Crippen LogP contribution in [0.25, 0.3) is 44.3 Å². The maximum atomic E-state index is 4.80. The summed E-state index contributed by atoms with van der Waals surface area (Å²) in [5, 5.41) is 6.80. The van der Waals surface area contributed by atoms with Crippen molar-refractivity contribution in [2.24, 2.45) is 0 Å². The Bertz CT molecular complexity index is 1380. The molecule has 1 aliphatic rings. The predicted octanol–water partition coefficient (Wildman–Crippen LogP) is 5.59. The van der Waals surface area contributed by atoms with Gasteiger partial charge < -0.3 is 10.3 Å².